The third kappa shape index (κ3) is 2.61. The number of benzene rings is 5. The van der Waals surface area contributed by atoms with E-state index in [-0.39, 0.29) is 0 Å². The van der Waals surface area contributed by atoms with E-state index in [1.165, 1.54) is 59.9 Å². The molecule has 0 fully saturated rings. The van der Waals surface area contributed by atoms with E-state index >= 15 is 0 Å². The summed E-state index contributed by atoms with van der Waals surface area (Å²) < 4.78 is 4.67. The molecule has 0 amide bonds. The first kappa shape index (κ1) is 18.3. The van der Waals surface area contributed by atoms with Gasteiger partial charge in [-0.1, -0.05) is 79.4 Å². The van der Waals surface area contributed by atoms with Crippen LogP contribution in [0.25, 0.3) is 60.6 Å². The standard InChI is InChI=1S/C31H22N2/c1-2-32-28-13-7-5-11-24(28)26-18-27-25-12-6-8-14-29(25)33(31(27)19-30(26)32)20-21-15-16-22-9-3-4-10-23(22)17-21/h2-19H,1,20H2. The molecule has 2 heteroatoms. The fourth-order valence-electron chi connectivity index (χ4n) is 5.43. The van der Waals surface area contributed by atoms with Crippen LogP contribution in [-0.4, -0.2) is 9.13 Å². The maximum Gasteiger partial charge on any atom is 0.0555 e. The van der Waals surface area contributed by atoms with E-state index in [1.54, 1.807) is 0 Å². The molecule has 0 saturated heterocycles. The van der Waals surface area contributed by atoms with Gasteiger partial charge in [-0.3, -0.25) is 0 Å². The van der Waals surface area contributed by atoms with E-state index in [0.29, 0.717) is 0 Å². The summed E-state index contributed by atoms with van der Waals surface area (Å²) in [7, 11) is 0. The molecule has 2 heterocycles. The first-order chi connectivity index (χ1) is 16.3. The molecule has 2 nitrogen and oxygen atoms in total. The van der Waals surface area contributed by atoms with Crippen molar-refractivity contribution < 1.29 is 0 Å². The van der Waals surface area contributed by atoms with Crippen molar-refractivity contribution in [3.63, 3.8) is 0 Å². The number of fused-ring (bicyclic) bond motifs is 7. The molecule has 7 rings (SSSR count). The van der Waals surface area contributed by atoms with E-state index < -0.39 is 0 Å². The second kappa shape index (κ2) is 6.85. The number of rotatable bonds is 3. The van der Waals surface area contributed by atoms with Crippen LogP contribution in [0.2, 0.25) is 0 Å². The van der Waals surface area contributed by atoms with Crippen molar-refractivity contribution in [1.29, 1.82) is 0 Å². The Balaban J connectivity index is 1.54. The predicted molar refractivity (Wildman–Crippen MR) is 142 cm³/mol. The monoisotopic (exact) mass is 422 g/mol. The van der Waals surface area contributed by atoms with Gasteiger partial charge in [0.05, 0.1) is 16.6 Å². The second-order valence-corrected chi connectivity index (χ2v) is 8.74. The third-order valence-corrected chi connectivity index (χ3v) is 6.94. The molecule has 0 aliphatic rings. The number of aromatic nitrogens is 2. The highest BCUT2D eigenvalue weighted by Crippen LogP contribution is 2.37. The van der Waals surface area contributed by atoms with Crippen molar-refractivity contribution in [2.75, 3.05) is 0 Å². The molecule has 0 aliphatic carbocycles. The number of para-hydroxylation sites is 2. The lowest BCUT2D eigenvalue weighted by Gasteiger charge is -2.10. The Kier molecular flexibility index (Phi) is 3.80. The lowest BCUT2D eigenvalue weighted by Crippen LogP contribution is -1.99. The molecule has 0 atom stereocenters. The molecule has 33 heavy (non-hydrogen) atoms. The topological polar surface area (TPSA) is 9.86 Å². The molecule has 2 aromatic heterocycles. The summed E-state index contributed by atoms with van der Waals surface area (Å²) >= 11 is 0. The molecule has 0 N–H and O–H groups in total. The average Bonchev–Trinajstić information content (AvgIpc) is 3.35. The van der Waals surface area contributed by atoms with Crippen molar-refractivity contribution in [3.05, 3.63) is 115 Å². The first-order valence-electron chi connectivity index (χ1n) is 11.4. The average molecular weight is 423 g/mol. The fourth-order valence-corrected chi connectivity index (χ4v) is 5.43. The summed E-state index contributed by atoms with van der Waals surface area (Å²) in [6.07, 6.45) is 1.92. The van der Waals surface area contributed by atoms with Gasteiger partial charge in [0, 0.05) is 39.8 Å². The molecule has 0 saturated carbocycles. The number of hydrogen-bond acceptors (Lipinski definition) is 0. The van der Waals surface area contributed by atoms with Crippen LogP contribution in [0.1, 0.15) is 5.56 Å². The zero-order valence-electron chi connectivity index (χ0n) is 18.2. The minimum atomic E-state index is 0.828. The van der Waals surface area contributed by atoms with Gasteiger partial charge in [0.25, 0.3) is 0 Å². The SMILES string of the molecule is C=Cn1c2ccccc2c2cc3c4ccccc4n(Cc4ccc5ccccc5c4)c3cc21. The van der Waals surface area contributed by atoms with Crippen LogP contribution in [0.3, 0.4) is 0 Å². The van der Waals surface area contributed by atoms with Crippen LogP contribution in [0.5, 0.6) is 0 Å². The molecule has 5 aromatic carbocycles. The van der Waals surface area contributed by atoms with E-state index in [2.05, 4.69) is 119 Å². The lowest BCUT2D eigenvalue weighted by atomic mass is 10.1. The van der Waals surface area contributed by atoms with Crippen molar-refractivity contribution in [2.24, 2.45) is 0 Å². The molecular weight excluding hydrogens is 400 g/mol. The Bertz CT molecular complexity index is 1860. The summed E-state index contributed by atoms with van der Waals surface area (Å²) in [4.78, 5) is 0. The van der Waals surface area contributed by atoms with E-state index in [0.717, 1.165) is 6.54 Å². The number of nitrogens with zero attached hydrogens (tertiary/aromatic N) is 2. The van der Waals surface area contributed by atoms with Crippen molar-refractivity contribution in [3.8, 4) is 0 Å². The quantitative estimate of drug-likeness (QED) is 0.271. The maximum atomic E-state index is 4.10. The van der Waals surface area contributed by atoms with Crippen LogP contribution in [-0.2, 0) is 6.54 Å². The zero-order valence-corrected chi connectivity index (χ0v) is 18.2. The first-order valence-corrected chi connectivity index (χ1v) is 11.4. The van der Waals surface area contributed by atoms with Gasteiger partial charge >= 0.3 is 0 Å². The highest BCUT2D eigenvalue weighted by Gasteiger charge is 2.16. The van der Waals surface area contributed by atoms with Gasteiger partial charge < -0.3 is 9.13 Å². The smallest absolute Gasteiger partial charge is 0.0555 e. The highest BCUT2D eigenvalue weighted by atomic mass is 15.0. The zero-order chi connectivity index (χ0) is 21.9. The Labute approximate surface area is 191 Å². The minimum Gasteiger partial charge on any atom is -0.336 e. The van der Waals surface area contributed by atoms with Crippen molar-refractivity contribution in [1.82, 2.24) is 9.13 Å². The lowest BCUT2D eigenvalue weighted by molar-refractivity contribution is 0.871. The Hall–Kier alpha value is -4.30. The minimum absolute atomic E-state index is 0.828. The summed E-state index contributed by atoms with van der Waals surface area (Å²) in [5.74, 6) is 0. The molecule has 0 bridgehead atoms. The van der Waals surface area contributed by atoms with Crippen LogP contribution in [0.4, 0.5) is 0 Å². The Morgan fingerprint density at radius 3 is 2.03 bits per heavy atom. The molecule has 0 unspecified atom stereocenters. The van der Waals surface area contributed by atoms with Gasteiger partial charge in [0.1, 0.15) is 0 Å². The number of hydrogen-bond donors (Lipinski definition) is 0. The molecule has 0 spiro atoms. The summed E-state index contributed by atoms with van der Waals surface area (Å²) in [5.41, 5.74) is 6.22. The van der Waals surface area contributed by atoms with Crippen LogP contribution < -0.4 is 0 Å². The molecule has 7 aromatic rings. The summed E-state index contributed by atoms with van der Waals surface area (Å²) in [5, 5.41) is 7.69. The Morgan fingerprint density at radius 1 is 0.545 bits per heavy atom. The van der Waals surface area contributed by atoms with Crippen LogP contribution in [0.15, 0.2) is 110 Å². The fraction of sp³-hybridized carbons (Fsp3) is 0.0323. The van der Waals surface area contributed by atoms with E-state index in [9.17, 15) is 0 Å². The van der Waals surface area contributed by atoms with Crippen LogP contribution in [0, 0.1) is 0 Å². The van der Waals surface area contributed by atoms with E-state index in [4.69, 9.17) is 0 Å². The van der Waals surface area contributed by atoms with Gasteiger partial charge in [-0.05, 0) is 46.7 Å². The second-order valence-electron chi connectivity index (χ2n) is 8.74. The van der Waals surface area contributed by atoms with Gasteiger partial charge in [-0.25, -0.2) is 0 Å². The van der Waals surface area contributed by atoms with Gasteiger partial charge in [-0.2, -0.15) is 0 Å². The maximum absolute atomic E-state index is 4.10. The molecule has 156 valence electrons. The van der Waals surface area contributed by atoms with Crippen molar-refractivity contribution in [2.45, 2.75) is 6.54 Å². The highest BCUT2D eigenvalue weighted by molar-refractivity contribution is 6.18. The van der Waals surface area contributed by atoms with Gasteiger partial charge in [0.15, 0.2) is 0 Å². The molecule has 0 aliphatic heterocycles. The third-order valence-electron chi connectivity index (χ3n) is 6.94. The summed E-state index contributed by atoms with van der Waals surface area (Å²) in [6, 6.07) is 37.4. The van der Waals surface area contributed by atoms with Crippen LogP contribution >= 0.6 is 0 Å². The molecule has 0 radical (unpaired) electrons. The predicted octanol–water partition coefficient (Wildman–Crippen LogP) is 8.20. The van der Waals surface area contributed by atoms with E-state index in [1.807, 2.05) is 6.20 Å². The largest absolute Gasteiger partial charge is 0.336 e. The Morgan fingerprint density at radius 2 is 1.21 bits per heavy atom. The normalized spacial score (nSPS) is 11.9. The van der Waals surface area contributed by atoms with Crippen molar-refractivity contribution >= 4 is 60.6 Å². The van der Waals surface area contributed by atoms with Gasteiger partial charge in [-0.15, -0.1) is 0 Å². The molecular formula is C31H22N2. The van der Waals surface area contributed by atoms with Gasteiger partial charge in [0.2, 0.25) is 0 Å². The summed E-state index contributed by atoms with van der Waals surface area (Å²) in [6.45, 7) is 4.93.